The molecule has 0 atom stereocenters. The molecule has 2 heterocycles. The number of imidazole rings is 1. The van der Waals surface area contributed by atoms with Crippen molar-refractivity contribution in [2.24, 2.45) is 0 Å². The lowest BCUT2D eigenvalue weighted by Crippen LogP contribution is -2.18. The van der Waals surface area contributed by atoms with Crippen LogP contribution in [0.1, 0.15) is 69.6 Å². The average molecular weight is 272 g/mol. The van der Waals surface area contributed by atoms with E-state index >= 15 is 0 Å². The number of fused-ring (bicyclic) bond motifs is 1. The Morgan fingerprint density at radius 2 is 1.40 bits per heavy atom. The van der Waals surface area contributed by atoms with Crippen molar-refractivity contribution in [1.82, 2.24) is 9.38 Å². The van der Waals surface area contributed by atoms with Crippen LogP contribution in [0.15, 0.2) is 6.20 Å². The molecule has 2 aromatic heterocycles. The summed E-state index contributed by atoms with van der Waals surface area (Å²) in [5.74, 6) is 0. The van der Waals surface area contributed by atoms with E-state index in [9.17, 15) is 0 Å². The van der Waals surface area contributed by atoms with Gasteiger partial charge in [-0.05, 0) is 42.9 Å². The number of aryl methyl sites for hydroxylation is 2. The second kappa shape index (κ2) is 4.34. The maximum atomic E-state index is 4.89. The molecule has 0 unspecified atom stereocenters. The highest BCUT2D eigenvalue weighted by atomic mass is 15.0. The van der Waals surface area contributed by atoms with E-state index in [4.69, 9.17) is 4.98 Å². The molecule has 0 radical (unpaired) electrons. The summed E-state index contributed by atoms with van der Waals surface area (Å²) in [6.07, 6.45) is 2.21. The molecule has 2 heteroatoms. The van der Waals surface area contributed by atoms with Crippen LogP contribution in [0, 0.1) is 20.8 Å². The summed E-state index contributed by atoms with van der Waals surface area (Å²) >= 11 is 0. The second-order valence-corrected chi connectivity index (χ2v) is 8.03. The minimum Gasteiger partial charge on any atom is -0.304 e. The fourth-order valence-corrected chi connectivity index (χ4v) is 3.11. The summed E-state index contributed by atoms with van der Waals surface area (Å²) in [5.41, 5.74) is 7.95. The Balaban J connectivity index is 2.89. The molecule has 0 fully saturated rings. The van der Waals surface area contributed by atoms with Crippen LogP contribution in [-0.4, -0.2) is 9.38 Å². The summed E-state index contributed by atoms with van der Waals surface area (Å²) in [7, 11) is 0. The van der Waals surface area contributed by atoms with Gasteiger partial charge in [0, 0.05) is 17.3 Å². The molecule has 0 amide bonds. The Morgan fingerprint density at radius 1 is 0.850 bits per heavy atom. The van der Waals surface area contributed by atoms with Crippen molar-refractivity contribution in [3.8, 4) is 0 Å². The van der Waals surface area contributed by atoms with Gasteiger partial charge in [0.1, 0.15) is 5.65 Å². The van der Waals surface area contributed by atoms with E-state index in [2.05, 4.69) is 72.9 Å². The second-order valence-electron chi connectivity index (χ2n) is 8.03. The van der Waals surface area contributed by atoms with E-state index in [1.165, 1.54) is 22.4 Å². The van der Waals surface area contributed by atoms with Crippen molar-refractivity contribution >= 4 is 5.65 Å². The van der Waals surface area contributed by atoms with Crippen molar-refractivity contribution in [2.45, 2.75) is 73.1 Å². The molecule has 0 saturated carbocycles. The Labute approximate surface area is 123 Å². The fourth-order valence-electron chi connectivity index (χ4n) is 3.11. The highest BCUT2D eigenvalue weighted by Gasteiger charge is 2.25. The van der Waals surface area contributed by atoms with Gasteiger partial charge >= 0.3 is 0 Å². The van der Waals surface area contributed by atoms with Crippen LogP contribution < -0.4 is 0 Å². The number of hydrogen-bond acceptors (Lipinski definition) is 1. The van der Waals surface area contributed by atoms with Gasteiger partial charge in [0.05, 0.1) is 5.69 Å². The average Bonchev–Trinajstić information content (AvgIpc) is 2.69. The minimum atomic E-state index is 0.0840. The van der Waals surface area contributed by atoms with Crippen molar-refractivity contribution in [3.63, 3.8) is 0 Å². The van der Waals surface area contributed by atoms with E-state index in [1.807, 2.05) is 0 Å². The predicted octanol–water partition coefficient (Wildman–Crippen LogP) is 4.85. The molecular weight excluding hydrogens is 244 g/mol. The van der Waals surface area contributed by atoms with Gasteiger partial charge in [-0.15, -0.1) is 0 Å². The molecule has 20 heavy (non-hydrogen) atoms. The molecule has 2 rings (SSSR count). The number of aromatic nitrogens is 2. The quantitative estimate of drug-likeness (QED) is 0.670. The first-order valence-corrected chi connectivity index (χ1v) is 7.44. The third-order valence-electron chi connectivity index (χ3n) is 4.22. The van der Waals surface area contributed by atoms with Gasteiger partial charge in [-0.3, -0.25) is 0 Å². The van der Waals surface area contributed by atoms with E-state index < -0.39 is 0 Å². The molecule has 0 spiro atoms. The van der Waals surface area contributed by atoms with Crippen LogP contribution >= 0.6 is 0 Å². The SMILES string of the molecule is Cc1c(C(C)(C)C)c(C)n2cc(C(C)(C)C)nc2c1C. The van der Waals surface area contributed by atoms with Crippen LogP contribution in [0.4, 0.5) is 0 Å². The van der Waals surface area contributed by atoms with Gasteiger partial charge in [-0.1, -0.05) is 41.5 Å². The predicted molar refractivity (Wildman–Crippen MR) is 86.8 cm³/mol. The standard InChI is InChI=1S/C18H28N2/c1-11-12(2)16-19-14(17(4,5)6)10-20(16)13(3)15(11)18(7,8)9/h10H,1-9H3. The summed E-state index contributed by atoms with van der Waals surface area (Å²) < 4.78 is 2.28. The van der Waals surface area contributed by atoms with Crippen LogP contribution in [0.3, 0.4) is 0 Å². The molecule has 0 aliphatic heterocycles. The molecule has 0 saturated heterocycles. The molecular formula is C18H28N2. The molecule has 2 nitrogen and oxygen atoms in total. The first-order valence-electron chi connectivity index (χ1n) is 7.44. The van der Waals surface area contributed by atoms with E-state index in [0.29, 0.717) is 0 Å². The zero-order valence-electron chi connectivity index (χ0n) is 14.5. The van der Waals surface area contributed by atoms with E-state index in [0.717, 1.165) is 11.3 Å². The molecule has 110 valence electrons. The zero-order valence-corrected chi connectivity index (χ0v) is 14.5. The Bertz CT molecular complexity index is 661. The number of pyridine rings is 1. The normalized spacial score (nSPS) is 13.2. The number of rotatable bonds is 0. The first-order chi connectivity index (χ1) is 8.94. The van der Waals surface area contributed by atoms with Crippen LogP contribution in [-0.2, 0) is 10.8 Å². The third-order valence-corrected chi connectivity index (χ3v) is 4.22. The van der Waals surface area contributed by atoms with Gasteiger partial charge in [0.25, 0.3) is 0 Å². The highest BCUT2D eigenvalue weighted by molar-refractivity contribution is 5.58. The van der Waals surface area contributed by atoms with Gasteiger partial charge < -0.3 is 4.40 Å². The molecule has 2 aromatic rings. The molecule has 0 aliphatic carbocycles. The fraction of sp³-hybridized carbons (Fsp3) is 0.611. The van der Waals surface area contributed by atoms with Crippen molar-refractivity contribution in [2.75, 3.05) is 0 Å². The smallest absolute Gasteiger partial charge is 0.140 e. The van der Waals surface area contributed by atoms with Gasteiger partial charge in [0.2, 0.25) is 0 Å². The molecule has 0 aliphatic rings. The van der Waals surface area contributed by atoms with Gasteiger partial charge in [-0.25, -0.2) is 4.98 Å². The van der Waals surface area contributed by atoms with Crippen LogP contribution in [0.5, 0.6) is 0 Å². The van der Waals surface area contributed by atoms with E-state index in [1.54, 1.807) is 0 Å². The summed E-state index contributed by atoms with van der Waals surface area (Å²) in [5, 5.41) is 0. The lowest BCUT2D eigenvalue weighted by Gasteiger charge is -2.26. The van der Waals surface area contributed by atoms with Crippen molar-refractivity contribution in [3.05, 3.63) is 34.3 Å². The van der Waals surface area contributed by atoms with Crippen LogP contribution in [0.25, 0.3) is 5.65 Å². The summed E-state index contributed by atoms with van der Waals surface area (Å²) in [6.45, 7) is 20.2. The van der Waals surface area contributed by atoms with Crippen molar-refractivity contribution in [1.29, 1.82) is 0 Å². The van der Waals surface area contributed by atoms with Crippen LogP contribution in [0.2, 0.25) is 0 Å². The maximum absolute atomic E-state index is 4.89. The van der Waals surface area contributed by atoms with Gasteiger partial charge in [0.15, 0.2) is 0 Å². The highest BCUT2D eigenvalue weighted by Crippen LogP contribution is 2.33. The Morgan fingerprint density at radius 3 is 1.85 bits per heavy atom. The third kappa shape index (κ3) is 2.25. The first kappa shape index (κ1) is 15.1. The van der Waals surface area contributed by atoms with Crippen molar-refractivity contribution < 1.29 is 0 Å². The molecule has 0 aromatic carbocycles. The molecule has 0 N–H and O–H groups in total. The monoisotopic (exact) mass is 272 g/mol. The lowest BCUT2D eigenvalue weighted by molar-refractivity contribution is 0.571. The Kier molecular flexibility index (Phi) is 3.27. The Hall–Kier alpha value is -1.31. The van der Waals surface area contributed by atoms with E-state index in [-0.39, 0.29) is 10.8 Å². The molecule has 0 bridgehead atoms. The lowest BCUT2D eigenvalue weighted by atomic mass is 9.82. The maximum Gasteiger partial charge on any atom is 0.140 e. The summed E-state index contributed by atoms with van der Waals surface area (Å²) in [6, 6.07) is 0. The van der Waals surface area contributed by atoms with Gasteiger partial charge in [-0.2, -0.15) is 0 Å². The number of nitrogens with zero attached hydrogens (tertiary/aromatic N) is 2. The topological polar surface area (TPSA) is 17.3 Å². The summed E-state index contributed by atoms with van der Waals surface area (Å²) in [4.78, 5) is 4.89. The number of hydrogen-bond donors (Lipinski definition) is 0. The zero-order chi connectivity index (χ0) is 15.5. The minimum absolute atomic E-state index is 0.0840. The largest absolute Gasteiger partial charge is 0.304 e.